The average Bonchev–Trinajstić information content (AvgIpc) is 2.54. The van der Waals surface area contributed by atoms with E-state index in [1.165, 1.54) is 0 Å². The highest BCUT2D eigenvalue weighted by molar-refractivity contribution is 6.30. The maximum atomic E-state index is 9.13. The molecule has 0 radical (unpaired) electrons. The van der Waals surface area contributed by atoms with Crippen LogP contribution in [0.5, 0.6) is 11.5 Å². The molecule has 0 unspecified atom stereocenters. The van der Waals surface area contributed by atoms with Gasteiger partial charge in [0.15, 0.2) is 11.5 Å². The molecule has 0 atom stereocenters. The lowest BCUT2D eigenvalue weighted by Crippen LogP contribution is -2.02. The first-order valence-electron chi connectivity index (χ1n) is 6.91. The van der Waals surface area contributed by atoms with Crippen LogP contribution in [0.3, 0.4) is 0 Å². The molecule has 0 aliphatic carbocycles. The van der Waals surface area contributed by atoms with Gasteiger partial charge in [0.05, 0.1) is 25.0 Å². The third-order valence-electron chi connectivity index (χ3n) is 3.11. The lowest BCUT2D eigenvalue weighted by Gasteiger charge is -2.12. The van der Waals surface area contributed by atoms with Crippen LogP contribution in [0, 0.1) is 11.3 Å². The molecule has 0 fully saturated rings. The summed E-state index contributed by atoms with van der Waals surface area (Å²) in [6.45, 7) is 3.09. The molecule has 1 N–H and O–H groups in total. The van der Waals surface area contributed by atoms with Crippen LogP contribution in [0.4, 0.5) is 5.69 Å². The van der Waals surface area contributed by atoms with Crippen molar-refractivity contribution in [3.8, 4) is 17.6 Å². The number of hydrogen-bond acceptors (Lipinski definition) is 4. The van der Waals surface area contributed by atoms with Crippen molar-refractivity contribution in [1.29, 1.82) is 5.26 Å². The van der Waals surface area contributed by atoms with Crippen LogP contribution in [0.15, 0.2) is 36.4 Å². The first-order chi connectivity index (χ1) is 10.7. The van der Waals surface area contributed by atoms with Crippen LogP contribution < -0.4 is 14.8 Å². The van der Waals surface area contributed by atoms with Gasteiger partial charge in [-0.1, -0.05) is 17.7 Å². The van der Waals surface area contributed by atoms with Gasteiger partial charge in [-0.05, 0) is 42.8 Å². The fourth-order valence-electron chi connectivity index (χ4n) is 2.06. The topological polar surface area (TPSA) is 54.3 Å². The number of anilines is 1. The Hall–Kier alpha value is -2.38. The maximum Gasteiger partial charge on any atom is 0.161 e. The molecule has 0 spiro atoms. The second-order valence-electron chi connectivity index (χ2n) is 4.57. The zero-order valence-corrected chi connectivity index (χ0v) is 13.3. The summed E-state index contributed by atoms with van der Waals surface area (Å²) in [5, 5.41) is 12.9. The van der Waals surface area contributed by atoms with Gasteiger partial charge in [0.1, 0.15) is 6.07 Å². The van der Waals surface area contributed by atoms with E-state index < -0.39 is 0 Å². The molecule has 0 aliphatic heterocycles. The van der Waals surface area contributed by atoms with E-state index in [9.17, 15) is 0 Å². The van der Waals surface area contributed by atoms with Gasteiger partial charge in [-0.3, -0.25) is 0 Å². The molecule has 4 nitrogen and oxygen atoms in total. The zero-order chi connectivity index (χ0) is 15.9. The van der Waals surface area contributed by atoms with E-state index in [2.05, 4.69) is 11.4 Å². The normalized spacial score (nSPS) is 9.91. The van der Waals surface area contributed by atoms with E-state index in [1.807, 2.05) is 25.1 Å². The van der Waals surface area contributed by atoms with Crippen molar-refractivity contribution in [3.05, 3.63) is 52.5 Å². The smallest absolute Gasteiger partial charge is 0.161 e. The van der Waals surface area contributed by atoms with Crippen LogP contribution in [0.1, 0.15) is 18.1 Å². The van der Waals surface area contributed by atoms with Crippen molar-refractivity contribution in [2.45, 2.75) is 13.5 Å². The minimum Gasteiger partial charge on any atom is -0.493 e. The predicted octanol–water partition coefficient (Wildman–Crippen LogP) is 4.23. The van der Waals surface area contributed by atoms with E-state index in [0.29, 0.717) is 29.5 Å². The Morgan fingerprint density at radius 2 is 2.00 bits per heavy atom. The lowest BCUT2D eigenvalue weighted by atomic mass is 10.1. The largest absolute Gasteiger partial charge is 0.493 e. The van der Waals surface area contributed by atoms with Gasteiger partial charge in [0.2, 0.25) is 0 Å². The minimum absolute atomic E-state index is 0.519. The Labute approximate surface area is 135 Å². The van der Waals surface area contributed by atoms with Crippen molar-refractivity contribution in [3.63, 3.8) is 0 Å². The van der Waals surface area contributed by atoms with Gasteiger partial charge >= 0.3 is 0 Å². The Balaban J connectivity index is 2.13. The molecule has 114 valence electrons. The number of benzene rings is 2. The van der Waals surface area contributed by atoms with Crippen molar-refractivity contribution >= 4 is 17.3 Å². The van der Waals surface area contributed by atoms with Crippen molar-refractivity contribution in [1.82, 2.24) is 0 Å². The van der Waals surface area contributed by atoms with Crippen LogP contribution in [-0.4, -0.2) is 13.7 Å². The van der Waals surface area contributed by atoms with Crippen LogP contribution in [-0.2, 0) is 6.54 Å². The zero-order valence-electron chi connectivity index (χ0n) is 12.5. The molecule has 0 saturated carbocycles. The molecule has 0 aliphatic rings. The molecule has 22 heavy (non-hydrogen) atoms. The van der Waals surface area contributed by atoms with Gasteiger partial charge in [-0.15, -0.1) is 0 Å². The van der Waals surface area contributed by atoms with E-state index >= 15 is 0 Å². The van der Waals surface area contributed by atoms with Crippen molar-refractivity contribution in [2.24, 2.45) is 0 Å². The summed E-state index contributed by atoms with van der Waals surface area (Å²) in [6, 6.07) is 13.1. The number of hydrogen-bond donors (Lipinski definition) is 1. The monoisotopic (exact) mass is 316 g/mol. The molecule has 2 rings (SSSR count). The number of halogens is 1. The predicted molar refractivity (Wildman–Crippen MR) is 87.7 cm³/mol. The van der Waals surface area contributed by atoms with Crippen LogP contribution in [0.2, 0.25) is 5.02 Å². The summed E-state index contributed by atoms with van der Waals surface area (Å²) >= 11 is 5.89. The standard InChI is InChI=1S/C17H17ClN2O2/c1-3-22-16-7-4-12(8-17(16)21-2)11-20-15-6-5-14(18)9-13(15)10-19/h4-9,20H,3,11H2,1-2H3. The van der Waals surface area contributed by atoms with Gasteiger partial charge in [0.25, 0.3) is 0 Å². The summed E-state index contributed by atoms with van der Waals surface area (Å²) in [4.78, 5) is 0. The highest BCUT2D eigenvalue weighted by Crippen LogP contribution is 2.28. The highest BCUT2D eigenvalue weighted by Gasteiger charge is 2.07. The van der Waals surface area contributed by atoms with Gasteiger partial charge in [-0.2, -0.15) is 5.26 Å². The first-order valence-corrected chi connectivity index (χ1v) is 7.29. The van der Waals surface area contributed by atoms with Gasteiger partial charge in [0, 0.05) is 11.6 Å². The Kier molecular flexibility index (Phi) is 5.51. The van der Waals surface area contributed by atoms with E-state index in [1.54, 1.807) is 25.3 Å². The molecular formula is C17H17ClN2O2. The number of nitriles is 1. The maximum absolute atomic E-state index is 9.13. The van der Waals surface area contributed by atoms with E-state index in [0.717, 1.165) is 17.0 Å². The third kappa shape index (κ3) is 3.84. The molecule has 0 heterocycles. The molecule has 5 heteroatoms. The summed E-state index contributed by atoms with van der Waals surface area (Å²) in [5.41, 5.74) is 2.30. The van der Waals surface area contributed by atoms with Crippen molar-refractivity contribution < 1.29 is 9.47 Å². The molecule has 0 saturated heterocycles. The van der Waals surface area contributed by atoms with Crippen LogP contribution in [0.25, 0.3) is 0 Å². The summed E-state index contributed by atoms with van der Waals surface area (Å²) in [7, 11) is 1.61. The number of rotatable bonds is 6. The number of methoxy groups -OCH3 is 1. The number of nitrogens with zero attached hydrogens (tertiary/aromatic N) is 1. The Morgan fingerprint density at radius 1 is 1.18 bits per heavy atom. The number of nitrogens with one attached hydrogen (secondary N) is 1. The fraction of sp³-hybridized carbons (Fsp3) is 0.235. The molecule has 0 aromatic heterocycles. The molecule has 2 aromatic rings. The molecule has 0 bridgehead atoms. The molecular weight excluding hydrogens is 300 g/mol. The molecule has 0 amide bonds. The summed E-state index contributed by atoms with van der Waals surface area (Å²) in [6.07, 6.45) is 0. The summed E-state index contributed by atoms with van der Waals surface area (Å²) in [5.74, 6) is 1.41. The lowest BCUT2D eigenvalue weighted by molar-refractivity contribution is 0.310. The first kappa shape index (κ1) is 16.0. The highest BCUT2D eigenvalue weighted by atomic mass is 35.5. The third-order valence-corrected chi connectivity index (χ3v) is 3.35. The fourth-order valence-corrected chi connectivity index (χ4v) is 2.23. The quantitative estimate of drug-likeness (QED) is 0.866. The van der Waals surface area contributed by atoms with E-state index in [4.69, 9.17) is 26.3 Å². The van der Waals surface area contributed by atoms with Crippen molar-refractivity contribution in [2.75, 3.05) is 19.0 Å². The SMILES string of the molecule is CCOc1ccc(CNc2ccc(Cl)cc2C#N)cc1OC. The van der Waals surface area contributed by atoms with Crippen LogP contribution >= 0.6 is 11.6 Å². The number of ether oxygens (including phenoxy) is 2. The minimum atomic E-state index is 0.519. The average molecular weight is 317 g/mol. The Morgan fingerprint density at radius 3 is 2.68 bits per heavy atom. The Bertz CT molecular complexity index is 696. The van der Waals surface area contributed by atoms with E-state index in [-0.39, 0.29) is 0 Å². The van der Waals surface area contributed by atoms with Gasteiger partial charge in [-0.25, -0.2) is 0 Å². The second-order valence-corrected chi connectivity index (χ2v) is 5.01. The second kappa shape index (κ2) is 7.58. The van der Waals surface area contributed by atoms with Gasteiger partial charge < -0.3 is 14.8 Å². The molecule has 2 aromatic carbocycles. The summed E-state index contributed by atoms with van der Waals surface area (Å²) < 4.78 is 10.8.